The summed E-state index contributed by atoms with van der Waals surface area (Å²) in [6, 6.07) is 7.54. The fraction of sp³-hybridized carbons (Fsp3) is 0.182. The molecule has 4 nitrogen and oxygen atoms in total. The first kappa shape index (κ1) is 9.73. The van der Waals surface area contributed by atoms with Crippen molar-refractivity contribution >= 4 is 16.8 Å². The van der Waals surface area contributed by atoms with E-state index in [1.807, 2.05) is 24.3 Å². The number of likely N-dealkylation sites (N-methyl/N-ethyl adjacent to an activating group) is 1. The lowest BCUT2D eigenvalue weighted by Gasteiger charge is -2.07. The Kier molecular flexibility index (Phi) is 2.43. The van der Waals surface area contributed by atoms with E-state index < -0.39 is 12.0 Å². The van der Waals surface area contributed by atoms with Crippen LogP contribution in [0.2, 0.25) is 0 Å². The van der Waals surface area contributed by atoms with Crippen LogP contribution in [0.3, 0.4) is 0 Å². The number of aromatic amines is 1. The van der Waals surface area contributed by atoms with E-state index in [1.54, 1.807) is 6.20 Å². The topological polar surface area (TPSA) is 65.1 Å². The van der Waals surface area contributed by atoms with E-state index in [-0.39, 0.29) is 0 Å². The molecular formula is C11H12N2O2. The van der Waals surface area contributed by atoms with Crippen LogP contribution in [0.25, 0.3) is 10.9 Å². The third-order valence-electron chi connectivity index (χ3n) is 2.41. The van der Waals surface area contributed by atoms with Gasteiger partial charge < -0.3 is 15.4 Å². The third-order valence-corrected chi connectivity index (χ3v) is 2.41. The maximum absolute atomic E-state index is 11.3. The molecule has 1 atom stereocenters. The Morgan fingerprint density at radius 1 is 1.47 bits per heavy atom. The fourth-order valence-corrected chi connectivity index (χ4v) is 1.60. The van der Waals surface area contributed by atoms with Crippen molar-refractivity contribution in [3.63, 3.8) is 0 Å². The molecule has 1 aromatic heterocycles. The van der Waals surface area contributed by atoms with Gasteiger partial charge in [0.1, 0.15) is 0 Å². The first-order valence-electron chi connectivity index (χ1n) is 4.69. The van der Waals surface area contributed by atoms with Gasteiger partial charge in [0.05, 0.1) is 0 Å². The monoisotopic (exact) mass is 204 g/mol. The Hall–Kier alpha value is -1.81. The molecule has 0 radical (unpaired) electrons. The number of hydrogen-bond donors (Lipinski definition) is 3. The highest BCUT2D eigenvalue weighted by Crippen LogP contribution is 2.23. The molecule has 0 spiro atoms. The minimum Gasteiger partial charge on any atom is -0.378 e. The number of para-hydroxylation sites is 1. The smallest absolute Gasteiger partial charge is 0.253 e. The summed E-state index contributed by atoms with van der Waals surface area (Å²) in [5.74, 6) is -0.403. The van der Waals surface area contributed by atoms with Crippen LogP contribution in [0.4, 0.5) is 0 Å². The van der Waals surface area contributed by atoms with Gasteiger partial charge >= 0.3 is 0 Å². The molecule has 2 aromatic rings. The lowest BCUT2D eigenvalue weighted by Crippen LogP contribution is -2.25. The van der Waals surface area contributed by atoms with Crippen molar-refractivity contribution in [3.8, 4) is 0 Å². The number of aliphatic hydroxyl groups excluding tert-OH is 1. The number of rotatable bonds is 2. The van der Waals surface area contributed by atoms with Gasteiger partial charge in [0.2, 0.25) is 0 Å². The van der Waals surface area contributed by atoms with E-state index in [2.05, 4.69) is 10.3 Å². The fourth-order valence-electron chi connectivity index (χ4n) is 1.60. The van der Waals surface area contributed by atoms with Crippen molar-refractivity contribution in [3.05, 3.63) is 36.0 Å². The van der Waals surface area contributed by atoms with E-state index in [9.17, 15) is 9.90 Å². The minimum atomic E-state index is -1.12. The van der Waals surface area contributed by atoms with E-state index in [0.717, 1.165) is 10.9 Å². The highest BCUT2D eigenvalue weighted by atomic mass is 16.3. The normalized spacial score (nSPS) is 12.7. The molecule has 1 amide bonds. The maximum atomic E-state index is 11.3. The number of hydrogen-bond acceptors (Lipinski definition) is 2. The standard InChI is InChI=1S/C11H12N2O2/c1-12-11(15)10(14)8-6-13-9-5-3-2-4-7(8)9/h2-6,10,13-14H,1H3,(H,12,15). The molecule has 1 aromatic carbocycles. The molecule has 15 heavy (non-hydrogen) atoms. The van der Waals surface area contributed by atoms with Gasteiger partial charge in [0.25, 0.3) is 5.91 Å². The van der Waals surface area contributed by atoms with Crippen LogP contribution in [-0.2, 0) is 4.79 Å². The lowest BCUT2D eigenvalue weighted by atomic mass is 10.1. The number of amides is 1. The molecule has 0 saturated carbocycles. The van der Waals surface area contributed by atoms with Crippen molar-refractivity contribution in [2.75, 3.05) is 7.05 Å². The van der Waals surface area contributed by atoms with Crippen LogP contribution >= 0.6 is 0 Å². The van der Waals surface area contributed by atoms with E-state index >= 15 is 0 Å². The van der Waals surface area contributed by atoms with Crippen molar-refractivity contribution in [1.82, 2.24) is 10.3 Å². The maximum Gasteiger partial charge on any atom is 0.253 e. The van der Waals surface area contributed by atoms with Gasteiger partial charge in [0.15, 0.2) is 6.10 Å². The van der Waals surface area contributed by atoms with Gasteiger partial charge in [-0.05, 0) is 6.07 Å². The van der Waals surface area contributed by atoms with Crippen LogP contribution in [0.1, 0.15) is 11.7 Å². The van der Waals surface area contributed by atoms with Gasteiger partial charge in [-0.3, -0.25) is 4.79 Å². The molecule has 4 heteroatoms. The number of nitrogens with one attached hydrogen (secondary N) is 2. The Labute approximate surface area is 86.9 Å². The molecule has 0 fully saturated rings. The summed E-state index contributed by atoms with van der Waals surface area (Å²) in [5.41, 5.74) is 1.51. The van der Waals surface area contributed by atoms with Crippen molar-refractivity contribution in [2.24, 2.45) is 0 Å². The van der Waals surface area contributed by atoms with Crippen molar-refractivity contribution in [1.29, 1.82) is 0 Å². The number of H-pyrrole nitrogens is 1. The summed E-state index contributed by atoms with van der Waals surface area (Å²) in [5, 5.41) is 13.0. The summed E-state index contributed by atoms with van der Waals surface area (Å²) < 4.78 is 0. The average Bonchev–Trinajstić information content (AvgIpc) is 2.70. The first-order chi connectivity index (χ1) is 7.24. The van der Waals surface area contributed by atoms with Gasteiger partial charge in [-0.1, -0.05) is 18.2 Å². The summed E-state index contributed by atoms with van der Waals surface area (Å²) in [4.78, 5) is 14.3. The summed E-state index contributed by atoms with van der Waals surface area (Å²) in [6.45, 7) is 0. The number of benzene rings is 1. The number of aromatic nitrogens is 1. The quantitative estimate of drug-likeness (QED) is 0.681. The number of carbonyl (C=O) groups excluding carboxylic acids is 1. The molecule has 0 aliphatic heterocycles. The van der Waals surface area contributed by atoms with Gasteiger partial charge in [-0.15, -0.1) is 0 Å². The minimum absolute atomic E-state index is 0.403. The zero-order chi connectivity index (χ0) is 10.8. The summed E-state index contributed by atoms with van der Waals surface area (Å²) in [7, 11) is 1.50. The molecule has 3 N–H and O–H groups in total. The molecule has 0 bridgehead atoms. The first-order valence-corrected chi connectivity index (χ1v) is 4.69. The zero-order valence-electron chi connectivity index (χ0n) is 8.32. The largest absolute Gasteiger partial charge is 0.378 e. The zero-order valence-corrected chi connectivity index (χ0v) is 8.32. The molecule has 0 aliphatic rings. The van der Waals surface area contributed by atoms with Crippen LogP contribution in [0, 0.1) is 0 Å². The number of aliphatic hydroxyl groups is 1. The number of carbonyl (C=O) groups is 1. The molecule has 0 aliphatic carbocycles. The molecule has 78 valence electrons. The van der Waals surface area contributed by atoms with Crippen LogP contribution < -0.4 is 5.32 Å². The van der Waals surface area contributed by atoms with Gasteiger partial charge in [-0.25, -0.2) is 0 Å². The molecule has 2 rings (SSSR count). The van der Waals surface area contributed by atoms with Gasteiger partial charge in [-0.2, -0.15) is 0 Å². The molecule has 1 unspecified atom stereocenters. The van der Waals surface area contributed by atoms with Crippen molar-refractivity contribution < 1.29 is 9.90 Å². The van der Waals surface area contributed by atoms with Crippen molar-refractivity contribution in [2.45, 2.75) is 6.10 Å². The SMILES string of the molecule is CNC(=O)C(O)c1c[nH]c2ccccc12. The Bertz CT molecular complexity index is 490. The van der Waals surface area contributed by atoms with E-state index in [1.165, 1.54) is 7.05 Å². The molecule has 1 heterocycles. The molecule has 0 saturated heterocycles. The third kappa shape index (κ3) is 1.59. The summed E-state index contributed by atoms with van der Waals surface area (Å²) >= 11 is 0. The van der Waals surface area contributed by atoms with E-state index in [4.69, 9.17) is 0 Å². The van der Waals surface area contributed by atoms with E-state index in [0.29, 0.717) is 5.56 Å². The predicted molar refractivity (Wildman–Crippen MR) is 57.3 cm³/mol. The summed E-state index contributed by atoms with van der Waals surface area (Å²) in [6.07, 6.45) is 0.538. The second-order valence-corrected chi connectivity index (χ2v) is 3.31. The van der Waals surface area contributed by atoms with Gasteiger partial charge in [0, 0.05) is 29.7 Å². The van der Waals surface area contributed by atoms with Crippen LogP contribution in [-0.4, -0.2) is 23.0 Å². The number of fused-ring (bicyclic) bond motifs is 1. The Morgan fingerprint density at radius 3 is 2.93 bits per heavy atom. The highest BCUT2D eigenvalue weighted by Gasteiger charge is 2.18. The second-order valence-electron chi connectivity index (χ2n) is 3.31. The van der Waals surface area contributed by atoms with Crippen LogP contribution in [0.5, 0.6) is 0 Å². The highest BCUT2D eigenvalue weighted by molar-refractivity contribution is 5.90. The van der Waals surface area contributed by atoms with Crippen LogP contribution in [0.15, 0.2) is 30.5 Å². The second kappa shape index (κ2) is 3.74. The Balaban J connectivity index is 2.48. The lowest BCUT2D eigenvalue weighted by molar-refractivity contribution is -0.129. The predicted octanol–water partition coefficient (Wildman–Crippen LogP) is 0.947. The molecular weight excluding hydrogens is 192 g/mol. The Morgan fingerprint density at radius 2 is 2.20 bits per heavy atom. The average molecular weight is 204 g/mol.